The van der Waals surface area contributed by atoms with E-state index in [1.54, 1.807) is 12.0 Å². The van der Waals surface area contributed by atoms with E-state index in [0.29, 0.717) is 18.7 Å². The molecule has 1 amide bonds. The molecule has 1 unspecified atom stereocenters. The first-order valence-corrected chi connectivity index (χ1v) is 6.54. The number of benzene rings is 1. The van der Waals surface area contributed by atoms with Crippen LogP contribution in [0.3, 0.4) is 0 Å². The first-order chi connectivity index (χ1) is 10.0. The van der Waals surface area contributed by atoms with E-state index >= 15 is 0 Å². The van der Waals surface area contributed by atoms with Gasteiger partial charge in [-0.25, -0.2) is 9.18 Å². The van der Waals surface area contributed by atoms with Crippen LogP contribution in [0, 0.1) is 5.82 Å². The summed E-state index contributed by atoms with van der Waals surface area (Å²) in [6, 6.07) is 4.04. The molecule has 5 nitrogen and oxygen atoms in total. The predicted molar refractivity (Wildman–Crippen MR) is 74.4 cm³/mol. The number of carboxylic acid groups (broad SMARTS) is 1. The Morgan fingerprint density at radius 3 is 2.81 bits per heavy atom. The average Bonchev–Trinajstić information content (AvgIpc) is 2.93. The Labute approximate surface area is 121 Å². The number of ether oxygens (including phenoxy) is 1. The van der Waals surface area contributed by atoms with Gasteiger partial charge < -0.3 is 14.7 Å². The van der Waals surface area contributed by atoms with Crippen LogP contribution in [-0.4, -0.2) is 48.2 Å². The van der Waals surface area contributed by atoms with Crippen molar-refractivity contribution in [3.8, 4) is 0 Å². The maximum absolute atomic E-state index is 14.0. The molecule has 6 heteroatoms. The van der Waals surface area contributed by atoms with Crippen molar-refractivity contribution in [3.05, 3.63) is 41.2 Å². The normalized spacial score (nSPS) is 18.4. The molecule has 0 aromatic heterocycles. The highest BCUT2D eigenvalue weighted by Gasteiger charge is 2.28. The molecule has 1 saturated heterocycles. The smallest absolute Gasteiger partial charge is 0.328 e. The van der Waals surface area contributed by atoms with Gasteiger partial charge >= 0.3 is 5.97 Å². The lowest BCUT2D eigenvalue weighted by atomic mass is 10.1. The highest BCUT2D eigenvalue weighted by Crippen LogP contribution is 2.18. The highest BCUT2D eigenvalue weighted by molar-refractivity contribution is 5.95. The van der Waals surface area contributed by atoms with E-state index in [1.165, 1.54) is 18.2 Å². The Balaban J connectivity index is 2.13. The third-order valence-electron chi connectivity index (χ3n) is 3.41. The predicted octanol–water partition coefficient (Wildman–Crippen LogP) is 1.78. The summed E-state index contributed by atoms with van der Waals surface area (Å²) >= 11 is 0. The van der Waals surface area contributed by atoms with E-state index in [0.717, 1.165) is 18.6 Å². The molecule has 1 aliphatic heterocycles. The van der Waals surface area contributed by atoms with Crippen LogP contribution in [0.2, 0.25) is 0 Å². The third kappa shape index (κ3) is 3.66. The molecule has 1 aromatic carbocycles. The lowest BCUT2D eigenvalue weighted by Crippen LogP contribution is -2.30. The zero-order valence-electron chi connectivity index (χ0n) is 11.6. The van der Waals surface area contributed by atoms with Crippen molar-refractivity contribution >= 4 is 18.0 Å². The lowest BCUT2D eigenvalue weighted by molar-refractivity contribution is -0.131. The van der Waals surface area contributed by atoms with E-state index in [1.807, 2.05) is 0 Å². The molecule has 0 radical (unpaired) electrons. The Morgan fingerprint density at radius 1 is 1.48 bits per heavy atom. The summed E-state index contributed by atoms with van der Waals surface area (Å²) in [6.45, 7) is 0.993. The number of likely N-dealkylation sites (tertiary alicyclic amines) is 1. The molecule has 1 aliphatic rings. The summed E-state index contributed by atoms with van der Waals surface area (Å²) in [4.78, 5) is 24.2. The van der Waals surface area contributed by atoms with Gasteiger partial charge in [0, 0.05) is 26.3 Å². The molecule has 1 heterocycles. The van der Waals surface area contributed by atoms with Crippen molar-refractivity contribution in [1.82, 2.24) is 4.90 Å². The molecule has 1 aromatic rings. The number of hydrogen-bond donors (Lipinski definition) is 1. The SMILES string of the molecule is COC1CCN(C(=O)c2ccc(/C=C/C(=O)O)cc2F)C1. The molecule has 0 saturated carbocycles. The lowest BCUT2D eigenvalue weighted by Gasteiger charge is -2.16. The number of aliphatic carboxylic acids is 1. The Bertz CT molecular complexity index is 585. The summed E-state index contributed by atoms with van der Waals surface area (Å²) in [5.74, 6) is -2.15. The number of carbonyl (C=O) groups excluding carboxylic acids is 1. The summed E-state index contributed by atoms with van der Waals surface area (Å²) < 4.78 is 19.2. The van der Waals surface area contributed by atoms with E-state index in [9.17, 15) is 14.0 Å². The zero-order chi connectivity index (χ0) is 15.4. The largest absolute Gasteiger partial charge is 0.478 e. The van der Waals surface area contributed by atoms with E-state index < -0.39 is 11.8 Å². The van der Waals surface area contributed by atoms with Gasteiger partial charge in [-0.1, -0.05) is 6.07 Å². The van der Waals surface area contributed by atoms with Gasteiger partial charge in [-0.15, -0.1) is 0 Å². The van der Waals surface area contributed by atoms with E-state index in [-0.39, 0.29) is 17.6 Å². The molecule has 112 valence electrons. The number of nitrogens with zero attached hydrogens (tertiary/aromatic N) is 1. The molecule has 1 fully saturated rings. The van der Waals surface area contributed by atoms with Gasteiger partial charge in [0.2, 0.25) is 0 Å². The number of carbonyl (C=O) groups is 2. The molecule has 0 aliphatic carbocycles. The molecular formula is C15H16FNO4. The van der Waals surface area contributed by atoms with Crippen LogP contribution in [0.1, 0.15) is 22.3 Å². The second-order valence-electron chi connectivity index (χ2n) is 4.81. The van der Waals surface area contributed by atoms with Crippen molar-refractivity contribution in [2.75, 3.05) is 20.2 Å². The van der Waals surface area contributed by atoms with Crippen molar-refractivity contribution in [2.45, 2.75) is 12.5 Å². The first kappa shape index (κ1) is 15.2. The molecule has 0 bridgehead atoms. The van der Waals surface area contributed by atoms with Crippen molar-refractivity contribution in [3.63, 3.8) is 0 Å². The van der Waals surface area contributed by atoms with Gasteiger partial charge in [-0.2, -0.15) is 0 Å². The van der Waals surface area contributed by atoms with Gasteiger partial charge in [0.1, 0.15) is 5.82 Å². The minimum atomic E-state index is -1.11. The van der Waals surface area contributed by atoms with Crippen molar-refractivity contribution in [2.24, 2.45) is 0 Å². The second-order valence-corrected chi connectivity index (χ2v) is 4.81. The molecule has 0 spiro atoms. The third-order valence-corrected chi connectivity index (χ3v) is 3.41. The van der Waals surface area contributed by atoms with Crippen LogP contribution in [0.4, 0.5) is 4.39 Å². The van der Waals surface area contributed by atoms with Crippen LogP contribution >= 0.6 is 0 Å². The minimum Gasteiger partial charge on any atom is -0.478 e. The topological polar surface area (TPSA) is 66.8 Å². The van der Waals surface area contributed by atoms with E-state index in [4.69, 9.17) is 9.84 Å². The average molecular weight is 293 g/mol. The van der Waals surface area contributed by atoms with Crippen LogP contribution in [0.5, 0.6) is 0 Å². The molecular weight excluding hydrogens is 277 g/mol. The van der Waals surface area contributed by atoms with Gasteiger partial charge in [0.25, 0.3) is 5.91 Å². The maximum atomic E-state index is 14.0. The molecule has 1 N–H and O–H groups in total. The summed E-state index contributed by atoms with van der Waals surface area (Å²) in [7, 11) is 1.59. The van der Waals surface area contributed by atoms with Crippen LogP contribution in [0.25, 0.3) is 6.08 Å². The second kappa shape index (κ2) is 6.49. The van der Waals surface area contributed by atoms with Crippen LogP contribution < -0.4 is 0 Å². The molecule has 21 heavy (non-hydrogen) atoms. The van der Waals surface area contributed by atoms with Crippen molar-refractivity contribution in [1.29, 1.82) is 0 Å². The standard InChI is InChI=1S/C15H16FNO4/c1-21-11-6-7-17(9-11)15(20)12-4-2-10(8-13(12)16)3-5-14(18)19/h2-5,8,11H,6-7,9H2,1H3,(H,18,19)/b5-3+. The Morgan fingerprint density at radius 2 is 2.24 bits per heavy atom. The minimum absolute atomic E-state index is 0.00483. The fourth-order valence-corrected chi connectivity index (χ4v) is 2.25. The molecule has 1 atom stereocenters. The van der Waals surface area contributed by atoms with Gasteiger partial charge in [-0.3, -0.25) is 4.79 Å². The summed E-state index contributed by atoms with van der Waals surface area (Å²) in [6.07, 6.45) is 2.93. The van der Waals surface area contributed by atoms with Crippen molar-refractivity contribution < 1.29 is 23.8 Å². The fourth-order valence-electron chi connectivity index (χ4n) is 2.25. The number of amides is 1. The number of halogens is 1. The number of carboxylic acids is 1. The molecule has 2 rings (SSSR count). The van der Waals surface area contributed by atoms with Gasteiger partial charge in [0.05, 0.1) is 11.7 Å². The van der Waals surface area contributed by atoms with Crippen LogP contribution in [-0.2, 0) is 9.53 Å². The first-order valence-electron chi connectivity index (χ1n) is 6.54. The van der Waals surface area contributed by atoms with E-state index in [2.05, 4.69) is 0 Å². The zero-order valence-corrected chi connectivity index (χ0v) is 11.6. The highest BCUT2D eigenvalue weighted by atomic mass is 19.1. The van der Waals surface area contributed by atoms with Gasteiger partial charge in [-0.05, 0) is 30.2 Å². The van der Waals surface area contributed by atoms with Gasteiger partial charge in [0.15, 0.2) is 0 Å². The Kier molecular flexibility index (Phi) is 4.70. The number of methoxy groups -OCH3 is 1. The number of rotatable bonds is 4. The van der Waals surface area contributed by atoms with Crippen LogP contribution in [0.15, 0.2) is 24.3 Å². The Hall–Kier alpha value is -2.21. The fraction of sp³-hybridized carbons (Fsp3) is 0.333. The summed E-state index contributed by atoms with van der Waals surface area (Å²) in [5.41, 5.74) is 0.377. The number of hydrogen-bond acceptors (Lipinski definition) is 3. The maximum Gasteiger partial charge on any atom is 0.328 e. The summed E-state index contributed by atoms with van der Waals surface area (Å²) in [5, 5.41) is 8.53. The monoisotopic (exact) mass is 293 g/mol. The quantitative estimate of drug-likeness (QED) is 0.859.